The summed E-state index contributed by atoms with van der Waals surface area (Å²) in [4.78, 5) is 2.09. The molecule has 15 heavy (non-hydrogen) atoms. The molecule has 1 unspecified atom stereocenters. The second-order valence-electron chi connectivity index (χ2n) is 3.88. The molecular formula is C11H13ClFNO. The summed E-state index contributed by atoms with van der Waals surface area (Å²) < 4.78 is 12.8. The minimum absolute atomic E-state index is 0.204. The molecule has 1 aromatic rings. The van der Waals surface area contributed by atoms with Gasteiger partial charge in [0.05, 0.1) is 10.7 Å². The Hall–Kier alpha value is -0.800. The first-order valence-corrected chi connectivity index (χ1v) is 5.39. The fourth-order valence-corrected chi connectivity index (χ4v) is 2.22. The van der Waals surface area contributed by atoms with E-state index in [1.807, 2.05) is 0 Å². The van der Waals surface area contributed by atoms with Gasteiger partial charge in [0.15, 0.2) is 0 Å². The van der Waals surface area contributed by atoms with Crippen molar-refractivity contribution in [1.82, 2.24) is 0 Å². The maximum atomic E-state index is 12.8. The van der Waals surface area contributed by atoms with Crippen LogP contribution in [0.1, 0.15) is 6.42 Å². The van der Waals surface area contributed by atoms with Crippen LogP contribution in [0.25, 0.3) is 0 Å². The van der Waals surface area contributed by atoms with Gasteiger partial charge in [-0.25, -0.2) is 4.39 Å². The normalized spacial score (nSPS) is 21.0. The van der Waals surface area contributed by atoms with Crippen LogP contribution in [0, 0.1) is 11.7 Å². The Bertz CT molecular complexity index is 358. The maximum Gasteiger partial charge on any atom is 0.124 e. The van der Waals surface area contributed by atoms with E-state index in [2.05, 4.69) is 4.90 Å². The smallest absolute Gasteiger partial charge is 0.124 e. The molecule has 1 fully saturated rings. The Balaban J connectivity index is 2.17. The van der Waals surface area contributed by atoms with Crippen LogP contribution in [0.5, 0.6) is 0 Å². The summed E-state index contributed by atoms with van der Waals surface area (Å²) in [5, 5.41) is 9.46. The number of rotatable bonds is 2. The zero-order valence-corrected chi connectivity index (χ0v) is 9.04. The van der Waals surface area contributed by atoms with Crippen LogP contribution < -0.4 is 4.90 Å². The minimum atomic E-state index is -0.318. The molecule has 0 amide bonds. The summed E-state index contributed by atoms with van der Waals surface area (Å²) in [5.41, 5.74) is 0.856. The van der Waals surface area contributed by atoms with E-state index in [0.29, 0.717) is 10.9 Å². The quantitative estimate of drug-likeness (QED) is 0.841. The molecule has 1 aliphatic rings. The highest BCUT2D eigenvalue weighted by Gasteiger charge is 2.23. The molecule has 0 bridgehead atoms. The molecule has 2 rings (SSSR count). The Morgan fingerprint density at radius 2 is 2.33 bits per heavy atom. The van der Waals surface area contributed by atoms with Crippen molar-refractivity contribution >= 4 is 17.3 Å². The van der Waals surface area contributed by atoms with Gasteiger partial charge in [0, 0.05) is 25.6 Å². The van der Waals surface area contributed by atoms with Gasteiger partial charge < -0.3 is 10.0 Å². The second kappa shape index (κ2) is 4.37. The molecule has 1 saturated heterocycles. The highest BCUT2D eigenvalue weighted by atomic mass is 35.5. The number of benzene rings is 1. The van der Waals surface area contributed by atoms with Crippen molar-refractivity contribution in [2.45, 2.75) is 6.42 Å². The van der Waals surface area contributed by atoms with Crippen molar-refractivity contribution in [3.63, 3.8) is 0 Å². The summed E-state index contributed by atoms with van der Waals surface area (Å²) in [6.45, 7) is 1.87. The van der Waals surface area contributed by atoms with Gasteiger partial charge in [-0.1, -0.05) is 11.6 Å². The average molecular weight is 230 g/mol. The molecule has 1 aromatic carbocycles. The van der Waals surface area contributed by atoms with Crippen LogP contribution in [0.4, 0.5) is 10.1 Å². The van der Waals surface area contributed by atoms with E-state index in [1.54, 1.807) is 6.07 Å². The van der Waals surface area contributed by atoms with Gasteiger partial charge in [0.1, 0.15) is 5.82 Å². The third-order valence-corrected chi connectivity index (χ3v) is 3.10. The van der Waals surface area contributed by atoms with E-state index in [9.17, 15) is 4.39 Å². The van der Waals surface area contributed by atoms with Gasteiger partial charge in [0.2, 0.25) is 0 Å². The lowest BCUT2D eigenvalue weighted by Gasteiger charge is -2.19. The lowest BCUT2D eigenvalue weighted by Crippen LogP contribution is -2.20. The molecular weight excluding hydrogens is 217 g/mol. The monoisotopic (exact) mass is 229 g/mol. The van der Waals surface area contributed by atoms with Crippen LogP contribution in [0.2, 0.25) is 5.02 Å². The maximum absolute atomic E-state index is 12.8. The Labute approximate surface area is 93.3 Å². The van der Waals surface area contributed by atoms with Crippen LogP contribution in [0.15, 0.2) is 18.2 Å². The molecule has 1 N–H and O–H groups in total. The van der Waals surface area contributed by atoms with Gasteiger partial charge in [0.25, 0.3) is 0 Å². The average Bonchev–Trinajstić information content (AvgIpc) is 2.66. The van der Waals surface area contributed by atoms with Crippen LogP contribution in [-0.4, -0.2) is 24.8 Å². The van der Waals surface area contributed by atoms with Crippen molar-refractivity contribution in [2.75, 3.05) is 24.6 Å². The van der Waals surface area contributed by atoms with Crippen molar-refractivity contribution in [2.24, 2.45) is 5.92 Å². The zero-order valence-electron chi connectivity index (χ0n) is 8.29. The van der Waals surface area contributed by atoms with Gasteiger partial charge in [-0.15, -0.1) is 0 Å². The highest BCUT2D eigenvalue weighted by Crippen LogP contribution is 2.30. The number of aliphatic hydroxyl groups excluding tert-OH is 1. The van der Waals surface area contributed by atoms with E-state index in [1.165, 1.54) is 12.1 Å². The molecule has 82 valence electrons. The first-order valence-electron chi connectivity index (χ1n) is 5.01. The van der Waals surface area contributed by atoms with E-state index in [4.69, 9.17) is 16.7 Å². The van der Waals surface area contributed by atoms with E-state index < -0.39 is 0 Å². The standard InChI is InChI=1S/C11H13ClFNO/c12-10-5-9(13)1-2-11(10)14-4-3-8(6-14)7-15/h1-2,5,8,15H,3-4,6-7H2. The lowest BCUT2D eigenvalue weighted by atomic mass is 10.1. The molecule has 1 heterocycles. The number of hydrogen-bond donors (Lipinski definition) is 1. The predicted molar refractivity (Wildman–Crippen MR) is 58.8 cm³/mol. The topological polar surface area (TPSA) is 23.5 Å². The Morgan fingerprint density at radius 1 is 1.53 bits per heavy atom. The van der Waals surface area contributed by atoms with Crippen LogP contribution in [-0.2, 0) is 0 Å². The van der Waals surface area contributed by atoms with Crippen LogP contribution in [0.3, 0.4) is 0 Å². The molecule has 4 heteroatoms. The van der Waals surface area contributed by atoms with E-state index in [-0.39, 0.29) is 12.4 Å². The lowest BCUT2D eigenvalue weighted by molar-refractivity contribution is 0.238. The van der Waals surface area contributed by atoms with Gasteiger partial charge in [-0.3, -0.25) is 0 Å². The number of hydrogen-bond acceptors (Lipinski definition) is 2. The summed E-state index contributed by atoms with van der Waals surface area (Å²) in [6.07, 6.45) is 0.963. The first-order chi connectivity index (χ1) is 7.20. The molecule has 0 aromatic heterocycles. The highest BCUT2D eigenvalue weighted by molar-refractivity contribution is 6.33. The van der Waals surface area contributed by atoms with Gasteiger partial charge in [-0.05, 0) is 24.6 Å². The molecule has 0 saturated carbocycles. The van der Waals surface area contributed by atoms with Crippen LogP contribution >= 0.6 is 11.6 Å². The Kier molecular flexibility index (Phi) is 3.12. The molecule has 2 nitrogen and oxygen atoms in total. The fraction of sp³-hybridized carbons (Fsp3) is 0.455. The molecule has 1 aliphatic heterocycles. The number of aliphatic hydroxyl groups is 1. The van der Waals surface area contributed by atoms with Crippen molar-refractivity contribution in [3.05, 3.63) is 29.0 Å². The number of nitrogens with zero attached hydrogens (tertiary/aromatic N) is 1. The summed E-state index contributed by atoms with van der Waals surface area (Å²) in [5.74, 6) is -0.00669. The number of halogens is 2. The summed E-state index contributed by atoms with van der Waals surface area (Å²) in [6, 6.07) is 4.42. The minimum Gasteiger partial charge on any atom is -0.396 e. The van der Waals surface area contributed by atoms with E-state index >= 15 is 0 Å². The van der Waals surface area contributed by atoms with Crippen molar-refractivity contribution < 1.29 is 9.50 Å². The fourth-order valence-electron chi connectivity index (χ4n) is 1.94. The largest absolute Gasteiger partial charge is 0.396 e. The third kappa shape index (κ3) is 2.24. The molecule has 0 radical (unpaired) electrons. The Morgan fingerprint density at radius 3 is 2.93 bits per heavy atom. The van der Waals surface area contributed by atoms with Crippen molar-refractivity contribution in [1.29, 1.82) is 0 Å². The SMILES string of the molecule is OCC1CCN(c2ccc(F)cc2Cl)C1. The molecule has 1 atom stereocenters. The second-order valence-corrected chi connectivity index (χ2v) is 4.29. The van der Waals surface area contributed by atoms with E-state index in [0.717, 1.165) is 25.2 Å². The van der Waals surface area contributed by atoms with Gasteiger partial charge >= 0.3 is 0 Å². The molecule has 0 spiro atoms. The summed E-state index contributed by atoms with van der Waals surface area (Å²) >= 11 is 5.96. The zero-order chi connectivity index (χ0) is 10.8. The number of anilines is 1. The molecule has 0 aliphatic carbocycles. The van der Waals surface area contributed by atoms with Gasteiger partial charge in [-0.2, -0.15) is 0 Å². The first kappa shape index (κ1) is 10.7. The predicted octanol–water partition coefficient (Wildman–Crippen LogP) is 2.30. The summed E-state index contributed by atoms with van der Waals surface area (Å²) in [7, 11) is 0. The third-order valence-electron chi connectivity index (χ3n) is 2.79. The van der Waals surface area contributed by atoms with Crippen molar-refractivity contribution in [3.8, 4) is 0 Å².